The summed E-state index contributed by atoms with van der Waals surface area (Å²) in [4.78, 5) is 19.8. The largest absolute Gasteiger partial charge is 0.433 e. The van der Waals surface area contributed by atoms with Crippen LogP contribution < -0.4 is 5.32 Å². The van der Waals surface area contributed by atoms with Crippen LogP contribution >= 0.6 is 0 Å². The van der Waals surface area contributed by atoms with Gasteiger partial charge in [0.2, 0.25) is 15.9 Å². The van der Waals surface area contributed by atoms with Gasteiger partial charge >= 0.3 is 12.4 Å². The van der Waals surface area contributed by atoms with Gasteiger partial charge in [0.25, 0.3) is 0 Å². The molecule has 1 aliphatic heterocycles. The summed E-state index contributed by atoms with van der Waals surface area (Å²) in [6.07, 6.45) is -7.87. The van der Waals surface area contributed by atoms with Crippen molar-refractivity contribution in [2.75, 3.05) is 0 Å². The highest BCUT2D eigenvalue weighted by Crippen LogP contribution is 2.35. The second-order valence-corrected chi connectivity index (χ2v) is 10.9. The molecule has 0 aliphatic carbocycles. The molecule has 0 saturated carbocycles. The minimum Gasteiger partial charge on any atom is -0.351 e. The molecule has 1 amide bonds. The third-order valence-electron chi connectivity index (χ3n) is 6.39. The van der Waals surface area contributed by atoms with Crippen LogP contribution in [0.2, 0.25) is 0 Å². The Bertz CT molecular complexity index is 1490. The second kappa shape index (κ2) is 10.8. The van der Waals surface area contributed by atoms with Crippen LogP contribution in [0.1, 0.15) is 36.6 Å². The highest BCUT2D eigenvalue weighted by atomic mass is 32.2. The standard InChI is InChI=1S/C25H21F7N4O3S/c1-14-2-8-21(36(14)40(38,39)18-6-4-17(26)5-7-18)23(37)35-12-16-10-20(33-13-19(16)24(27,28)29)15-3-9-22(34-11-15)25(30,31)32/h3-7,9-11,13-14,21H,2,8,12H2,1H3,(H,35,37). The van der Waals surface area contributed by atoms with Crippen LogP contribution in [0.15, 0.2) is 59.8 Å². The zero-order valence-electron chi connectivity index (χ0n) is 20.6. The van der Waals surface area contributed by atoms with Gasteiger partial charge in [-0.15, -0.1) is 0 Å². The molecule has 1 fully saturated rings. The molecule has 1 aromatic carbocycles. The Morgan fingerprint density at radius 1 is 0.975 bits per heavy atom. The molecule has 2 unspecified atom stereocenters. The van der Waals surface area contributed by atoms with Crippen LogP contribution in [0, 0.1) is 5.82 Å². The molecule has 0 spiro atoms. The molecule has 4 rings (SSSR count). The number of aromatic nitrogens is 2. The lowest BCUT2D eigenvalue weighted by Gasteiger charge is -2.27. The predicted octanol–water partition coefficient (Wildman–Crippen LogP) is 5.18. The SMILES string of the molecule is CC1CCC(C(=O)NCc2cc(-c3ccc(C(F)(F)F)nc3)ncc2C(F)(F)F)N1S(=O)(=O)c1ccc(F)cc1. The molecule has 0 radical (unpaired) electrons. The first-order chi connectivity index (χ1) is 18.6. The fourth-order valence-corrected chi connectivity index (χ4v) is 6.25. The van der Waals surface area contributed by atoms with Gasteiger partial charge in [0.05, 0.1) is 16.2 Å². The first-order valence-electron chi connectivity index (χ1n) is 11.8. The van der Waals surface area contributed by atoms with E-state index in [0.717, 1.165) is 46.9 Å². The van der Waals surface area contributed by atoms with Crippen molar-refractivity contribution in [3.8, 4) is 11.3 Å². The Hall–Kier alpha value is -3.59. The van der Waals surface area contributed by atoms with E-state index in [2.05, 4.69) is 15.3 Å². The molecule has 1 saturated heterocycles. The van der Waals surface area contributed by atoms with Gasteiger partial charge in [0.1, 0.15) is 17.6 Å². The van der Waals surface area contributed by atoms with Gasteiger partial charge in [-0.3, -0.25) is 14.8 Å². The molecule has 2 atom stereocenters. The lowest BCUT2D eigenvalue weighted by molar-refractivity contribution is -0.141. The summed E-state index contributed by atoms with van der Waals surface area (Å²) in [7, 11) is -4.24. The van der Waals surface area contributed by atoms with Crippen molar-refractivity contribution in [2.45, 2.75) is 55.6 Å². The van der Waals surface area contributed by atoms with Gasteiger partial charge in [0.15, 0.2) is 0 Å². The molecule has 0 bridgehead atoms. The third-order valence-corrected chi connectivity index (χ3v) is 8.43. The van der Waals surface area contributed by atoms with Crippen molar-refractivity contribution < 1.29 is 43.9 Å². The minimum absolute atomic E-state index is 0.00971. The number of carbonyl (C=O) groups excluding carboxylic acids is 1. The number of benzene rings is 1. The van der Waals surface area contributed by atoms with Crippen LogP contribution in [0.25, 0.3) is 11.3 Å². The monoisotopic (exact) mass is 590 g/mol. The lowest BCUT2D eigenvalue weighted by Crippen LogP contribution is -2.48. The predicted molar refractivity (Wildman–Crippen MR) is 127 cm³/mol. The van der Waals surface area contributed by atoms with Crippen molar-refractivity contribution in [1.29, 1.82) is 0 Å². The van der Waals surface area contributed by atoms with E-state index in [1.54, 1.807) is 6.92 Å². The normalized spacial score (nSPS) is 18.6. The van der Waals surface area contributed by atoms with Crippen molar-refractivity contribution in [2.24, 2.45) is 0 Å². The number of alkyl halides is 6. The van der Waals surface area contributed by atoms with Crippen molar-refractivity contribution in [1.82, 2.24) is 19.6 Å². The fraction of sp³-hybridized carbons (Fsp3) is 0.320. The summed E-state index contributed by atoms with van der Waals surface area (Å²) in [5, 5.41) is 2.35. The number of nitrogens with one attached hydrogen (secondary N) is 1. The van der Waals surface area contributed by atoms with Crippen LogP contribution in [0.4, 0.5) is 30.7 Å². The smallest absolute Gasteiger partial charge is 0.351 e. The number of amides is 1. The molecule has 7 nitrogen and oxygen atoms in total. The van der Waals surface area contributed by atoms with Crippen molar-refractivity contribution >= 4 is 15.9 Å². The zero-order chi connectivity index (χ0) is 29.5. The Morgan fingerprint density at radius 3 is 2.23 bits per heavy atom. The van der Waals surface area contributed by atoms with E-state index in [4.69, 9.17) is 0 Å². The van der Waals surface area contributed by atoms with Gasteiger partial charge in [-0.25, -0.2) is 12.8 Å². The summed E-state index contributed by atoms with van der Waals surface area (Å²) in [5.74, 6) is -1.51. The van der Waals surface area contributed by atoms with Crippen molar-refractivity contribution in [3.63, 3.8) is 0 Å². The van der Waals surface area contributed by atoms with Gasteiger partial charge in [-0.2, -0.15) is 30.6 Å². The summed E-state index contributed by atoms with van der Waals surface area (Å²) < 4.78 is 120. The zero-order valence-corrected chi connectivity index (χ0v) is 21.4. The molecule has 3 heterocycles. The molecular formula is C25H21F7N4O3S. The topological polar surface area (TPSA) is 92.3 Å². The minimum atomic E-state index is -4.87. The summed E-state index contributed by atoms with van der Waals surface area (Å²) in [5.41, 5.74) is -2.93. The maximum absolute atomic E-state index is 13.7. The van der Waals surface area contributed by atoms with Gasteiger partial charge in [-0.05, 0) is 67.8 Å². The molecule has 3 aromatic rings. The Balaban J connectivity index is 1.59. The maximum Gasteiger partial charge on any atom is 0.433 e. The highest BCUT2D eigenvalue weighted by Gasteiger charge is 2.44. The van der Waals surface area contributed by atoms with Gasteiger partial charge in [-0.1, -0.05) is 0 Å². The lowest BCUT2D eigenvalue weighted by atomic mass is 10.1. The number of carbonyl (C=O) groups is 1. The van der Waals surface area contributed by atoms with E-state index in [1.165, 1.54) is 0 Å². The number of pyridine rings is 2. The summed E-state index contributed by atoms with van der Waals surface area (Å²) in [6, 6.07) is 4.79. The fourth-order valence-electron chi connectivity index (χ4n) is 4.41. The van der Waals surface area contributed by atoms with Crippen LogP contribution in [-0.4, -0.2) is 40.7 Å². The maximum atomic E-state index is 13.7. The molecule has 15 heteroatoms. The number of nitrogens with zero attached hydrogens (tertiary/aromatic N) is 3. The molecule has 1 aliphatic rings. The van der Waals surface area contributed by atoms with E-state index in [-0.39, 0.29) is 22.6 Å². The Morgan fingerprint density at radius 2 is 1.65 bits per heavy atom. The van der Waals surface area contributed by atoms with Gasteiger partial charge in [0, 0.05) is 30.5 Å². The van der Waals surface area contributed by atoms with E-state index < -0.39 is 69.5 Å². The second-order valence-electron chi connectivity index (χ2n) is 9.10. The van der Waals surface area contributed by atoms with E-state index >= 15 is 0 Å². The van der Waals surface area contributed by atoms with Crippen LogP contribution in [0.3, 0.4) is 0 Å². The molecule has 40 heavy (non-hydrogen) atoms. The third kappa shape index (κ3) is 6.09. The summed E-state index contributed by atoms with van der Waals surface area (Å²) in [6.45, 7) is 0.899. The molecular weight excluding hydrogens is 569 g/mol. The van der Waals surface area contributed by atoms with Crippen LogP contribution in [-0.2, 0) is 33.7 Å². The summed E-state index contributed by atoms with van der Waals surface area (Å²) >= 11 is 0. The number of hydrogen-bond donors (Lipinski definition) is 1. The van der Waals surface area contributed by atoms with E-state index in [9.17, 15) is 43.9 Å². The van der Waals surface area contributed by atoms with Crippen LogP contribution in [0.5, 0.6) is 0 Å². The molecule has 214 valence electrons. The molecule has 1 N–H and O–H groups in total. The average molecular weight is 591 g/mol. The number of hydrogen-bond acceptors (Lipinski definition) is 5. The highest BCUT2D eigenvalue weighted by molar-refractivity contribution is 7.89. The number of sulfonamides is 1. The molecule has 2 aromatic heterocycles. The number of halogens is 7. The van der Waals surface area contributed by atoms with E-state index in [0.29, 0.717) is 18.7 Å². The first kappa shape index (κ1) is 29.4. The quantitative estimate of drug-likeness (QED) is 0.400. The van der Waals surface area contributed by atoms with Gasteiger partial charge < -0.3 is 5.32 Å². The van der Waals surface area contributed by atoms with Crippen molar-refractivity contribution in [3.05, 3.63) is 77.5 Å². The Kier molecular flexibility index (Phi) is 7.91. The number of rotatable bonds is 6. The van der Waals surface area contributed by atoms with E-state index in [1.807, 2.05) is 0 Å². The Labute approximate surface area is 224 Å². The average Bonchev–Trinajstić information content (AvgIpc) is 3.28. The first-order valence-corrected chi connectivity index (χ1v) is 13.2.